The zero-order valence-corrected chi connectivity index (χ0v) is 9.04. The molecule has 13 heavy (non-hydrogen) atoms. The van der Waals surface area contributed by atoms with E-state index in [2.05, 4.69) is 11.6 Å². The first-order chi connectivity index (χ1) is 6.34. The van der Waals surface area contributed by atoms with Crippen molar-refractivity contribution in [3.05, 3.63) is 30.6 Å². The van der Waals surface area contributed by atoms with E-state index in [1.54, 1.807) is 18.5 Å². The molecule has 0 aromatic carbocycles. The second-order valence-electron chi connectivity index (χ2n) is 1.71. The van der Waals surface area contributed by atoms with Crippen LogP contribution >= 0.6 is 0 Å². The summed E-state index contributed by atoms with van der Waals surface area (Å²) in [5.41, 5.74) is 7.11. The van der Waals surface area contributed by atoms with E-state index < -0.39 is 0 Å². The van der Waals surface area contributed by atoms with Crippen molar-refractivity contribution in [2.45, 2.75) is 27.7 Å². The standard InChI is InChI=1S/C7H8N2.2C2H6/c1-2-6-3-4-9-5-7(6)8;2*1-2/h2-5H,1,8H2;2*1-2H3. The van der Waals surface area contributed by atoms with Crippen molar-refractivity contribution in [3.63, 3.8) is 0 Å². The third-order valence-corrected chi connectivity index (χ3v) is 1.11. The maximum absolute atomic E-state index is 5.50. The molecule has 1 aromatic heterocycles. The van der Waals surface area contributed by atoms with E-state index >= 15 is 0 Å². The molecule has 1 rings (SSSR count). The van der Waals surface area contributed by atoms with Crippen LogP contribution in [0.1, 0.15) is 33.3 Å². The Kier molecular flexibility index (Phi) is 11.7. The molecule has 0 aliphatic heterocycles. The van der Waals surface area contributed by atoms with Crippen LogP contribution in [0, 0.1) is 0 Å². The van der Waals surface area contributed by atoms with Crippen LogP contribution < -0.4 is 5.73 Å². The first kappa shape index (κ1) is 14.2. The van der Waals surface area contributed by atoms with Gasteiger partial charge in [-0.05, 0) is 11.6 Å². The fourth-order valence-electron chi connectivity index (χ4n) is 0.603. The minimum Gasteiger partial charge on any atom is -0.397 e. The van der Waals surface area contributed by atoms with Crippen LogP contribution in [0.25, 0.3) is 6.08 Å². The molecular formula is C11H20N2. The van der Waals surface area contributed by atoms with E-state index in [4.69, 9.17) is 5.73 Å². The molecule has 2 heteroatoms. The second kappa shape index (κ2) is 10.7. The van der Waals surface area contributed by atoms with Gasteiger partial charge in [-0.15, -0.1) is 0 Å². The van der Waals surface area contributed by atoms with E-state index in [1.807, 2.05) is 33.8 Å². The number of nitrogen functional groups attached to an aromatic ring is 1. The number of rotatable bonds is 1. The predicted molar refractivity (Wildman–Crippen MR) is 61.4 cm³/mol. The summed E-state index contributed by atoms with van der Waals surface area (Å²) in [5, 5.41) is 0. The molecule has 0 aliphatic rings. The third kappa shape index (κ3) is 5.91. The van der Waals surface area contributed by atoms with Gasteiger partial charge < -0.3 is 5.73 Å². The zero-order chi connectivity index (χ0) is 10.7. The Morgan fingerprint density at radius 3 is 2.15 bits per heavy atom. The number of hydrogen-bond donors (Lipinski definition) is 1. The molecule has 2 nitrogen and oxygen atoms in total. The SMILES string of the molecule is C=Cc1ccncc1N.CC.CC. The number of aromatic nitrogens is 1. The first-order valence-corrected chi connectivity index (χ1v) is 4.66. The lowest BCUT2D eigenvalue weighted by Gasteiger charge is -1.94. The van der Waals surface area contributed by atoms with Crippen LogP contribution in [-0.2, 0) is 0 Å². The lowest BCUT2D eigenvalue weighted by atomic mass is 10.2. The zero-order valence-electron chi connectivity index (χ0n) is 9.04. The first-order valence-electron chi connectivity index (χ1n) is 4.66. The second-order valence-corrected chi connectivity index (χ2v) is 1.71. The summed E-state index contributed by atoms with van der Waals surface area (Å²) in [5.74, 6) is 0. The average molecular weight is 180 g/mol. The van der Waals surface area contributed by atoms with Gasteiger partial charge in [0.05, 0.1) is 11.9 Å². The molecule has 0 atom stereocenters. The lowest BCUT2D eigenvalue weighted by Crippen LogP contribution is -1.88. The van der Waals surface area contributed by atoms with Crippen molar-refractivity contribution >= 4 is 11.8 Å². The monoisotopic (exact) mass is 180 g/mol. The summed E-state index contributed by atoms with van der Waals surface area (Å²) in [7, 11) is 0. The summed E-state index contributed by atoms with van der Waals surface area (Å²) in [6.45, 7) is 11.6. The van der Waals surface area contributed by atoms with Crippen LogP contribution in [0.2, 0.25) is 0 Å². The Morgan fingerprint density at radius 2 is 1.85 bits per heavy atom. The maximum atomic E-state index is 5.50. The number of pyridine rings is 1. The highest BCUT2D eigenvalue weighted by Crippen LogP contribution is 2.08. The summed E-state index contributed by atoms with van der Waals surface area (Å²) in [6.07, 6.45) is 5.00. The topological polar surface area (TPSA) is 38.9 Å². The summed E-state index contributed by atoms with van der Waals surface area (Å²) < 4.78 is 0. The Morgan fingerprint density at radius 1 is 1.31 bits per heavy atom. The van der Waals surface area contributed by atoms with E-state index in [-0.39, 0.29) is 0 Å². The summed E-state index contributed by atoms with van der Waals surface area (Å²) in [4.78, 5) is 3.82. The maximum Gasteiger partial charge on any atom is 0.0573 e. The Bertz CT molecular complexity index is 219. The van der Waals surface area contributed by atoms with Gasteiger partial charge in [0.1, 0.15) is 0 Å². The minimum atomic E-state index is 0.674. The van der Waals surface area contributed by atoms with Crippen molar-refractivity contribution in [1.82, 2.24) is 4.98 Å². The summed E-state index contributed by atoms with van der Waals surface area (Å²) >= 11 is 0. The molecule has 0 saturated carbocycles. The molecule has 0 fully saturated rings. The Hall–Kier alpha value is -1.31. The van der Waals surface area contributed by atoms with Crippen LogP contribution in [0.4, 0.5) is 5.69 Å². The van der Waals surface area contributed by atoms with Gasteiger partial charge in [0, 0.05) is 6.20 Å². The number of nitrogens with zero attached hydrogens (tertiary/aromatic N) is 1. The van der Waals surface area contributed by atoms with Crippen LogP contribution in [0.15, 0.2) is 25.0 Å². The normalized spacial score (nSPS) is 7.08. The van der Waals surface area contributed by atoms with Crippen molar-refractivity contribution in [3.8, 4) is 0 Å². The van der Waals surface area contributed by atoms with Gasteiger partial charge in [-0.3, -0.25) is 4.98 Å². The Labute approximate surface area is 81.5 Å². The van der Waals surface area contributed by atoms with Crippen molar-refractivity contribution in [1.29, 1.82) is 0 Å². The molecule has 2 N–H and O–H groups in total. The smallest absolute Gasteiger partial charge is 0.0573 e. The van der Waals surface area contributed by atoms with Crippen LogP contribution in [0.5, 0.6) is 0 Å². The molecule has 0 spiro atoms. The fourth-order valence-corrected chi connectivity index (χ4v) is 0.603. The lowest BCUT2D eigenvalue weighted by molar-refractivity contribution is 1.33. The molecule has 0 radical (unpaired) electrons. The van der Waals surface area contributed by atoms with Gasteiger partial charge in [-0.25, -0.2) is 0 Å². The molecular weight excluding hydrogens is 160 g/mol. The van der Waals surface area contributed by atoms with E-state index in [0.29, 0.717) is 5.69 Å². The van der Waals surface area contributed by atoms with Crippen molar-refractivity contribution in [2.75, 3.05) is 5.73 Å². The van der Waals surface area contributed by atoms with E-state index in [9.17, 15) is 0 Å². The van der Waals surface area contributed by atoms with Gasteiger partial charge in [-0.1, -0.05) is 40.3 Å². The van der Waals surface area contributed by atoms with Gasteiger partial charge in [0.25, 0.3) is 0 Å². The molecule has 1 aromatic rings. The van der Waals surface area contributed by atoms with Crippen molar-refractivity contribution in [2.24, 2.45) is 0 Å². The molecule has 1 heterocycles. The Balaban J connectivity index is 0. The molecule has 0 aliphatic carbocycles. The molecule has 0 amide bonds. The average Bonchev–Trinajstić information content (AvgIpc) is 2.24. The largest absolute Gasteiger partial charge is 0.397 e. The quantitative estimate of drug-likeness (QED) is 0.719. The van der Waals surface area contributed by atoms with Gasteiger partial charge in [-0.2, -0.15) is 0 Å². The molecule has 0 saturated heterocycles. The van der Waals surface area contributed by atoms with Gasteiger partial charge in [0.2, 0.25) is 0 Å². The predicted octanol–water partition coefficient (Wildman–Crippen LogP) is 3.36. The molecule has 0 bridgehead atoms. The molecule has 0 unspecified atom stereocenters. The van der Waals surface area contributed by atoms with Crippen LogP contribution in [0.3, 0.4) is 0 Å². The highest BCUT2D eigenvalue weighted by molar-refractivity contribution is 5.61. The van der Waals surface area contributed by atoms with E-state index in [0.717, 1.165) is 5.56 Å². The fraction of sp³-hybridized carbons (Fsp3) is 0.364. The number of hydrogen-bond acceptors (Lipinski definition) is 2. The van der Waals surface area contributed by atoms with Gasteiger partial charge >= 0.3 is 0 Å². The van der Waals surface area contributed by atoms with Crippen LogP contribution in [-0.4, -0.2) is 4.98 Å². The molecule has 74 valence electrons. The third-order valence-electron chi connectivity index (χ3n) is 1.11. The van der Waals surface area contributed by atoms with Crippen molar-refractivity contribution < 1.29 is 0 Å². The van der Waals surface area contributed by atoms with Gasteiger partial charge in [0.15, 0.2) is 0 Å². The number of anilines is 1. The van der Waals surface area contributed by atoms with E-state index in [1.165, 1.54) is 0 Å². The highest BCUT2D eigenvalue weighted by atomic mass is 14.7. The summed E-state index contributed by atoms with van der Waals surface area (Å²) in [6, 6.07) is 1.82. The highest BCUT2D eigenvalue weighted by Gasteiger charge is 1.88. The number of nitrogens with two attached hydrogens (primary N) is 1. The minimum absolute atomic E-state index is 0.674.